The predicted octanol–water partition coefficient (Wildman–Crippen LogP) is 2.89. The Morgan fingerprint density at radius 3 is 2.88 bits per heavy atom. The standard InChI is InChI=1S/C13H12N2OS/c16-12(15-13-14-6-7-17-13)11-8-10(11)9-4-2-1-3-5-9/h1-7,10-11H,8H2,(H,14,15,16)/t10-,11+/m1/s1. The number of hydrogen-bond acceptors (Lipinski definition) is 3. The van der Waals surface area contributed by atoms with Crippen molar-refractivity contribution in [3.8, 4) is 0 Å². The third-order valence-electron chi connectivity index (χ3n) is 3.02. The summed E-state index contributed by atoms with van der Waals surface area (Å²) in [7, 11) is 0. The molecular weight excluding hydrogens is 232 g/mol. The fraction of sp³-hybridized carbons (Fsp3) is 0.231. The van der Waals surface area contributed by atoms with Crippen LogP contribution in [0.1, 0.15) is 17.9 Å². The van der Waals surface area contributed by atoms with Crippen molar-refractivity contribution < 1.29 is 4.79 Å². The van der Waals surface area contributed by atoms with Crippen molar-refractivity contribution in [1.29, 1.82) is 0 Å². The van der Waals surface area contributed by atoms with E-state index < -0.39 is 0 Å². The molecule has 1 amide bonds. The molecule has 4 heteroatoms. The summed E-state index contributed by atoms with van der Waals surface area (Å²) in [5, 5.41) is 5.40. The van der Waals surface area contributed by atoms with E-state index in [0.717, 1.165) is 6.42 Å². The SMILES string of the molecule is O=C(Nc1nccs1)[C@H]1C[C@@H]1c1ccccc1. The highest BCUT2D eigenvalue weighted by Gasteiger charge is 2.43. The van der Waals surface area contributed by atoms with Gasteiger partial charge < -0.3 is 5.32 Å². The molecule has 17 heavy (non-hydrogen) atoms. The number of benzene rings is 1. The lowest BCUT2D eigenvalue weighted by Crippen LogP contribution is -2.14. The van der Waals surface area contributed by atoms with E-state index in [1.807, 2.05) is 23.6 Å². The zero-order valence-electron chi connectivity index (χ0n) is 9.17. The Hall–Kier alpha value is -1.68. The third-order valence-corrected chi connectivity index (χ3v) is 3.71. The quantitative estimate of drug-likeness (QED) is 0.902. The molecule has 0 bridgehead atoms. The molecule has 0 unspecified atom stereocenters. The zero-order valence-corrected chi connectivity index (χ0v) is 9.98. The van der Waals surface area contributed by atoms with Crippen LogP contribution in [0.25, 0.3) is 0 Å². The fourth-order valence-corrected chi connectivity index (χ4v) is 2.57. The number of nitrogens with one attached hydrogen (secondary N) is 1. The zero-order chi connectivity index (χ0) is 11.7. The van der Waals surface area contributed by atoms with Crippen molar-refractivity contribution in [2.75, 3.05) is 5.32 Å². The molecule has 2 aromatic rings. The van der Waals surface area contributed by atoms with Gasteiger partial charge in [-0.15, -0.1) is 11.3 Å². The lowest BCUT2D eigenvalue weighted by molar-refractivity contribution is -0.117. The molecule has 3 nitrogen and oxygen atoms in total. The van der Waals surface area contributed by atoms with Gasteiger partial charge in [-0.3, -0.25) is 4.79 Å². The Morgan fingerprint density at radius 1 is 1.35 bits per heavy atom. The molecule has 1 fully saturated rings. The maximum Gasteiger partial charge on any atom is 0.229 e. The van der Waals surface area contributed by atoms with E-state index in [9.17, 15) is 4.79 Å². The summed E-state index contributed by atoms with van der Waals surface area (Å²) in [6, 6.07) is 10.2. The minimum Gasteiger partial charge on any atom is -0.302 e. The molecule has 0 spiro atoms. The van der Waals surface area contributed by atoms with E-state index in [0.29, 0.717) is 11.0 Å². The van der Waals surface area contributed by atoms with Gasteiger partial charge in [0.1, 0.15) is 0 Å². The van der Waals surface area contributed by atoms with Crippen molar-refractivity contribution in [1.82, 2.24) is 4.98 Å². The summed E-state index contributed by atoms with van der Waals surface area (Å²) in [6.07, 6.45) is 2.64. The van der Waals surface area contributed by atoms with Crippen molar-refractivity contribution in [2.45, 2.75) is 12.3 Å². The number of nitrogens with zero attached hydrogens (tertiary/aromatic N) is 1. The van der Waals surface area contributed by atoms with Crippen molar-refractivity contribution in [2.24, 2.45) is 5.92 Å². The van der Waals surface area contributed by atoms with Crippen molar-refractivity contribution in [3.05, 3.63) is 47.5 Å². The van der Waals surface area contributed by atoms with E-state index in [1.54, 1.807) is 6.20 Å². The summed E-state index contributed by atoms with van der Waals surface area (Å²) < 4.78 is 0. The number of aromatic nitrogens is 1. The summed E-state index contributed by atoms with van der Waals surface area (Å²) >= 11 is 1.45. The summed E-state index contributed by atoms with van der Waals surface area (Å²) in [5.74, 6) is 0.589. The minimum atomic E-state index is 0.0915. The van der Waals surface area contributed by atoms with Gasteiger partial charge in [-0.1, -0.05) is 30.3 Å². The van der Waals surface area contributed by atoms with Gasteiger partial charge in [-0.25, -0.2) is 4.98 Å². The first-order valence-corrected chi connectivity index (χ1v) is 6.48. The average Bonchev–Trinajstić information content (AvgIpc) is 3.02. The number of hydrogen-bond donors (Lipinski definition) is 1. The molecule has 0 radical (unpaired) electrons. The second kappa shape index (κ2) is 4.30. The Kier molecular flexibility index (Phi) is 2.65. The average molecular weight is 244 g/mol. The largest absolute Gasteiger partial charge is 0.302 e. The smallest absolute Gasteiger partial charge is 0.229 e. The maximum atomic E-state index is 11.9. The van der Waals surface area contributed by atoms with Crippen LogP contribution in [-0.4, -0.2) is 10.9 Å². The lowest BCUT2D eigenvalue weighted by Gasteiger charge is -2.01. The number of anilines is 1. The normalized spacial score (nSPS) is 22.1. The summed E-state index contributed by atoms with van der Waals surface area (Å²) in [4.78, 5) is 16.0. The van der Waals surface area contributed by atoms with Gasteiger partial charge in [-0.05, 0) is 17.9 Å². The molecule has 1 saturated carbocycles. The first-order chi connectivity index (χ1) is 8.34. The van der Waals surface area contributed by atoms with Gasteiger partial charge in [0.15, 0.2) is 5.13 Å². The summed E-state index contributed by atoms with van der Waals surface area (Å²) in [5.41, 5.74) is 1.26. The van der Waals surface area contributed by atoms with Crippen molar-refractivity contribution >= 4 is 22.4 Å². The van der Waals surface area contributed by atoms with Gasteiger partial charge >= 0.3 is 0 Å². The van der Waals surface area contributed by atoms with E-state index in [4.69, 9.17) is 0 Å². The molecule has 86 valence electrons. The number of rotatable bonds is 3. The van der Waals surface area contributed by atoms with Crippen LogP contribution in [0.15, 0.2) is 41.9 Å². The summed E-state index contributed by atoms with van der Waals surface area (Å²) in [6.45, 7) is 0. The first kappa shape index (κ1) is 10.5. The van der Waals surface area contributed by atoms with Crippen LogP contribution in [0.5, 0.6) is 0 Å². The van der Waals surface area contributed by atoms with Gasteiger partial charge in [0, 0.05) is 17.5 Å². The van der Waals surface area contributed by atoms with Gasteiger partial charge in [0.2, 0.25) is 5.91 Å². The number of carbonyl (C=O) groups excluding carboxylic acids is 1. The van der Waals surface area contributed by atoms with E-state index in [2.05, 4.69) is 22.4 Å². The molecule has 1 aromatic heterocycles. The molecule has 1 aliphatic rings. The second-order valence-electron chi connectivity index (χ2n) is 4.19. The van der Waals surface area contributed by atoms with Crippen LogP contribution in [-0.2, 0) is 4.79 Å². The second-order valence-corrected chi connectivity index (χ2v) is 5.08. The predicted molar refractivity (Wildman–Crippen MR) is 68.0 cm³/mol. The van der Waals surface area contributed by atoms with Crippen LogP contribution < -0.4 is 5.32 Å². The Morgan fingerprint density at radius 2 is 2.18 bits per heavy atom. The van der Waals surface area contributed by atoms with Gasteiger partial charge in [-0.2, -0.15) is 0 Å². The molecule has 1 aromatic carbocycles. The molecule has 0 saturated heterocycles. The highest BCUT2D eigenvalue weighted by Crippen LogP contribution is 2.47. The van der Waals surface area contributed by atoms with Gasteiger partial charge in [0.05, 0.1) is 0 Å². The molecule has 0 aliphatic heterocycles. The minimum absolute atomic E-state index is 0.0915. The van der Waals surface area contributed by atoms with Crippen LogP contribution in [0.2, 0.25) is 0 Å². The number of carbonyl (C=O) groups is 1. The highest BCUT2D eigenvalue weighted by molar-refractivity contribution is 7.13. The molecular formula is C13H12N2OS. The topological polar surface area (TPSA) is 42.0 Å². The van der Waals surface area contributed by atoms with E-state index >= 15 is 0 Å². The van der Waals surface area contributed by atoms with Crippen LogP contribution in [0, 0.1) is 5.92 Å². The van der Waals surface area contributed by atoms with Crippen LogP contribution in [0.3, 0.4) is 0 Å². The monoisotopic (exact) mass is 244 g/mol. The molecule has 1 heterocycles. The van der Waals surface area contributed by atoms with Crippen LogP contribution >= 0.6 is 11.3 Å². The Labute approximate surface area is 104 Å². The van der Waals surface area contributed by atoms with E-state index in [-0.39, 0.29) is 11.8 Å². The maximum absolute atomic E-state index is 11.9. The lowest BCUT2D eigenvalue weighted by atomic mass is 10.1. The molecule has 2 atom stereocenters. The molecule has 1 aliphatic carbocycles. The number of thiazole rings is 1. The van der Waals surface area contributed by atoms with E-state index in [1.165, 1.54) is 16.9 Å². The first-order valence-electron chi connectivity index (χ1n) is 5.60. The highest BCUT2D eigenvalue weighted by atomic mass is 32.1. The molecule has 3 rings (SSSR count). The fourth-order valence-electron chi connectivity index (χ4n) is 2.04. The van der Waals surface area contributed by atoms with Crippen LogP contribution in [0.4, 0.5) is 5.13 Å². The van der Waals surface area contributed by atoms with Gasteiger partial charge in [0.25, 0.3) is 0 Å². The Bertz CT molecular complexity index is 509. The Balaban J connectivity index is 1.63. The number of amides is 1. The third kappa shape index (κ3) is 2.22. The molecule has 1 N–H and O–H groups in total. The van der Waals surface area contributed by atoms with Crippen molar-refractivity contribution in [3.63, 3.8) is 0 Å².